The molecule has 0 saturated carbocycles. The van der Waals surface area contributed by atoms with Crippen LogP contribution in [0.3, 0.4) is 0 Å². The summed E-state index contributed by atoms with van der Waals surface area (Å²) in [6.07, 6.45) is 0. The summed E-state index contributed by atoms with van der Waals surface area (Å²) in [6.45, 7) is 1.85. The van der Waals surface area contributed by atoms with Gasteiger partial charge in [-0.2, -0.15) is 0 Å². The number of carbonyl (C=O) groups excluding carboxylic acids is 4. The van der Waals surface area contributed by atoms with Crippen molar-refractivity contribution in [1.29, 1.82) is 0 Å². The number of carbonyl (C=O) groups is 4. The number of likely N-dealkylation sites (N-methyl/N-ethyl adjacent to an activating group) is 1. The summed E-state index contributed by atoms with van der Waals surface area (Å²) in [5, 5.41) is 0. The Morgan fingerprint density at radius 3 is 2.34 bits per heavy atom. The fourth-order valence-corrected chi connectivity index (χ4v) is 5.58. The lowest BCUT2D eigenvalue weighted by molar-refractivity contribution is -0.154. The second kappa shape index (κ2) is 6.98. The molecule has 2 aromatic carbocycles. The monoisotopic (exact) mass is 435 g/mol. The third-order valence-electron chi connectivity index (χ3n) is 7.03. The van der Waals surface area contributed by atoms with Crippen LogP contribution in [0.4, 0.5) is 4.39 Å². The molecule has 0 radical (unpaired) electrons. The summed E-state index contributed by atoms with van der Waals surface area (Å²) in [4.78, 5) is 57.8. The number of halogens is 1. The van der Waals surface area contributed by atoms with E-state index < -0.39 is 41.0 Å². The first kappa shape index (κ1) is 20.4. The Bertz CT molecular complexity index is 1140. The highest BCUT2D eigenvalue weighted by atomic mass is 19.1. The first-order valence-electron chi connectivity index (χ1n) is 10.5. The van der Waals surface area contributed by atoms with Crippen LogP contribution in [0.2, 0.25) is 0 Å². The molecule has 164 valence electrons. The van der Waals surface area contributed by atoms with Gasteiger partial charge in [-0.15, -0.1) is 0 Å². The molecule has 4 amide bonds. The van der Waals surface area contributed by atoms with E-state index in [1.54, 1.807) is 14.0 Å². The Morgan fingerprint density at radius 2 is 1.69 bits per heavy atom. The zero-order valence-electron chi connectivity index (χ0n) is 17.7. The highest BCUT2D eigenvalue weighted by molar-refractivity contribution is 6.13. The van der Waals surface area contributed by atoms with Gasteiger partial charge in [-0.25, -0.2) is 4.39 Å². The SMILES string of the molecule is CN1CC2C3C(=O)N(Cc4ccccc4)C(=O)C3[C@](C)(C1=O)N2C(=O)c1ccc(F)cc1. The molecule has 0 spiro atoms. The van der Waals surface area contributed by atoms with E-state index in [1.807, 2.05) is 30.3 Å². The summed E-state index contributed by atoms with van der Waals surface area (Å²) in [5.74, 6) is -3.89. The molecule has 7 nitrogen and oxygen atoms in total. The van der Waals surface area contributed by atoms with Gasteiger partial charge < -0.3 is 9.80 Å². The lowest BCUT2D eigenvalue weighted by atomic mass is 9.81. The quantitative estimate of drug-likeness (QED) is 0.688. The van der Waals surface area contributed by atoms with Crippen LogP contribution in [0, 0.1) is 17.7 Å². The van der Waals surface area contributed by atoms with Gasteiger partial charge in [0.1, 0.15) is 11.4 Å². The summed E-state index contributed by atoms with van der Waals surface area (Å²) < 4.78 is 13.4. The molecule has 3 aliphatic heterocycles. The second-order valence-electron chi connectivity index (χ2n) is 8.83. The maximum Gasteiger partial charge on any atom is 0.255 e. The van der Waals surface area contributed by atoms with Crippen LogP contribution in [-0.4, -0.2) is 63.5 Å². The van der Waals surface area contributed by atoms with E-state index in [-0.39, 0.29) is 30.5 Å². The molecule has 8 heteroatoms. The maximum atomic E-state index is 13.5. The number of imide groups is 1. The fourth-order valence-electron chi connectivity index (χ4n) is 5.58. The van der Waals surface area contributed by atoms with E-state index in [0.717, 1.165) is 5.56 Å². The number of piperazine rings is 1. The van der Waals surface area contributed by atoms with E-state index in [4.69, 9.17) is 0 Å². The molecule has 0 aromatic heterocycles. The van der Waals surface area contributed by atoms with Crippen molar-refractivity contribution >= 4 is 23.6 Å². The van der Waals surface area contributed by atoms with Gasteiger partial charge in [-0.05, 0) is 36.8 Å². The lowest BCUT2D eigenvalue weighted by Crippen LogP contribution is -2.67. The Kier molecular flexibility index (Phi) is 4.44. The van der Waals surface area contributed by atoms with Gasteiger partial charge in [0.2, 0.25) is 17.7 Å². The normalized spacial score (nSPS) is 29.0. The van der Waals surface area contributed by atoms with Crippen molar-refractivity contribution < 1.29 is 23.6 Å². The van der Waals surface area contributed by atoms with Gasteiger partial charge in [0.05, 0.1) is 24.4 Å². The van der Waals surface area contributed by atoms with Gasteiger partial charge in [0, 0.05) is 19.2 Å². The first-order valence-corrected chi connectivity index (χ1v) is 10.5. The molecule has 2 bridgehead atoms. The third kappa shape index (κ3) is 2.65. The van der Waals surface area contributed by atoms with E-state index in [2.05, 4.69) is 0 Å². The largest absolute Gasteiger partial charge is 0.342 e. The number of fused-ring (bicyclic) bond motifs is 5. The number of likely N-dealkylation sites (tertiary alicyclic amines) is 2. The van der Waals surface area contributed by atoms with Gasteiger partial charge in [0.15, 0.2) is 0 Å². The second-order valence-corrected chi connectivity index (χ2v) is 8.83. The van der Waals surface area contributed by atoms with Gasteiger partial charge in [0.25, 0.3) is 5.91 Å². The van der Waals surface area contributed by atoms with Crippen LogP contribution in [0.5, 0.6) is 0 Å². The average Bonchev–Trinajstić information content (AvgIpc) is 3.16. The molecule has 32 heavy (non-hydrogen) atoms. The van der Waals surface area contributed by atoms with E-state index >= 15 is 0 Å². The highest BCUT2D eigenvalue weighted by Gasteiger charge is 2.73. The van der Waals surface area contributed by atoms with E-state index in [1.165, 1.54) is 39.0 Å². The van der Waals surface area contributed by atoms with Crippen molar-refractivity contribution in [3.05, 3.63) is 71.5 Å². The van der Waals surface area contributed by atoms with Crippen molar-refractivity contribution in [1.82, 2.24) is 14.7 Å². The topological polar surface area (TPSA) is 78.0 Å². The van der Waals surface area contributed by atoms with Crippen LogP contribution >= 0.6 is 0 Å². The summed E-state index contributed by atoms with van der Waals surface area (Å²) in [5.41, 5.74) is -0.473. The van der Waals surface area contributed by atoms with Crippen molar-refractivity contribution in [3.63, 3.8) is 0 Å². The van der Waals surface area contributed by atoms with Gasteiger partial charge in [-0.1, -0.05) is 30.3 Å². The Labute approximate surface area is 184 Å². The standard InChI is InChI=1S/C24H22FN3O4/c1-24-19-18(21(30)27(22(19)31)12-14-6-4-3-5-7-14)17(13-26(2)23(24)32)28(24)20(29)15-8-10-16(25)11-9-15/h3-11,17-19H,12-13H2,1-2H3/t17?,18?,19?,24-/m1/s1. The number of amides is 4. The minimum absolute atomic E-state index is 0.129. The van der Waals surface area contributed by atoms with Crippen LogP contribution in [0.15, 0.2) is 54.6 Å². The fraction of sp³-hybridized carbons (Fsp3) is 0.333. The zero-order valence-corrected chi connectivity index (χ0v) is 17.7. The smallest absolute Gasteiger partial charge is 0.255 e. The number of hydrogen-bond donors (Lipinski definition) is 0. The molecular formula is C24H22FN3O4. The number of nitrogens with zero attached hydrogens (tertiary/aromatic N) is 3. The van der Waals surface area contributed by atoms with Crippen LogP contribution < -0.4 is 0 Å². The van der Waals surface area contributed by atoms with Gasteiger partial charge >= 0.3 is 0 Å². The predicted octanol–water partition coefficient (Wildman–Crippen LogP) is 1.68. The first-order chi connectivity index (χ1) is 15.2. The Morgan fingerprint density at radius 1 is 1.03 bits per heavy atom. The molecule has 0 aliphatic carbocycles. The van der Waals surface area contributed by atoms with Gasteiger partial charge in [-0.3, -0.25) is 24.1 Å². The molecule has 5 rings (SSSR count). The minimum atomic E-state index is -1.49. The molecule has 0 N–H and O–H groups in total. The molecule has 3 saturated heterocycles. The number of hydrogen-bond acceptors (Lipinski definition) is 4. The van der Waals surface area contributed by atoms with Crippen LogP contribution in [0.25, 0.3) is 0 Å². The summed E-state index contributed by atoms with van der Waals surface area (Å²) in [6, 6.07) is 13.6. The Hall–Kier alpha value is -3.55. The van der Waals surface area contributed by atoms with E-state index in [9.17, 15) is 23.6 Å². The molecule has 3 heterocycles. The molecule has 3 unspecified atom stereocenters. The van der Waals surface area contributed by atoms with Crippen LogP contribution in [-0.2, 0) is 20.9 Å². The van der Waals surface area contributed by atoms with Crippen molar-refractivity contribution in [2.45, 2.75) is 25.0 Å². The van der Waals surface area contributed by atoms with Crippen LogP contribution in [0.1, 0.15) is 22.8 Å². The zero-order chi connectivity index (χ0) is 22.8. The van der Waals surface area contributed by atoms with Crippen molar-refractivity contribution in [2.24, 2.45) is 11.8 Å². The lowest BCUT2D eigenvalue weighted by Gasteiger charge is -2.47. The third-order valence-corrected chi connectivity index (χ3v) is 7.03. The number of rotatable bonds is 3. The average molecular weight is 435 g/mol. The van der Waals surface area contributed by atoms with Crippen molar-refractivity contribution in [2.75, 3.05) is 13.6 Å². The summed E-state index contributed by atoms with van der Waals surface area (Å²) >= 11 is 0. The molecule has 2 aromatic rings. The molecule has 3 fully saturated rings. The summed E-state index contributed by atoms with van der Waals surface area (Å²) in [7, 11) is 1.62. The molecule has 4 atom stereocenters. The molecule has 3 aliphatic rings. The van der Waals surface area contributed by atoms with Crippen molar-refractivity contribution in [3.8, 4) is 0 Å². The van der Waals surface area contributed by atoms with E-state index in [0.29, 0.717) is 0 Å². The number of benzene rings is 2. The minimum Gasteiger partial charge on any atom is -0.342 e. The molecular weight excluding hydrogens is 413 g/mol. The Balaban J connectivity index is 1.55. The predicted molar refractivity (Wildman–Crippen MR) is 111 cm³/mol. The maximum absolute atomic E-state index is 13.5. The highest BCUT2D eigenvalue weighted by Crippen LogP contribution is 2.52.